The zero-order chi connectivity index (χ0) is 10.7. The van der Waals surface area contributed by atoms with Crippen molar-refractivity contribution in [3.8, 4) is 0 Å². The van der Waals surface area contributed by atoms with Gasteiger partial charge in [-0.3, -0.25) is 14.8 Å². The number of aliphatic imine (C=N–C) groups is 2. The van der Waals surface area contributed by atoms with Gasteiger partial charge in [-0.05, 0) is 6.92 Å². The summed E-state index contributed by atoms with van der Waals surface area (Å²) in [5.74, 6) is 0.0844. The van der Waals surface area contributed by atoms with Gasteiger partial charge in [-0.2, -0.15) is 0 Å². The molecule has 0 saturated heterocycles. The van der Waals surface area contributed by atoms with Crippen molar-refractivity contribution in [3.05, 3.63) is 12.8 Å². The normalized spacial score (nSPS) is 10.6. The molecule has 0 aromatic heterocycles. The summed E-state index contributed by atoms with van der Waals surface area (Å²) in [6.45, 7) is 8.93. The molecule has 3 nitrogen and oxygen atoms in total. The highest BCUT2D eigenvalue weighted by Gasteiger charge is 1.97. The molecule has 0 bridgehead atoms. The van der Waals surface area contributed by atoms with Gasteiger partial charge in [0, 0.05) is 25.9 Å². The molecule has 0 unspecified atom stereocenters. The molecule has 0 saturated carbocycles. The lowest BCUT2D eigenvalue weighted by Crippen LogP contribution is -2.05. The second kappa shape index (κ2) is 10.8. The highest BCUT2D eigenvalue weighted by atomic mass is 16.1. The van der Waals surface area contributed by atoms with E-state index in [2.05, 4.69) is 16.6 Å². The van der Waals surface area contributed by atoms with Crippen molar-refractivity contribution in [1.82, 2.24) is 0 Å². The van der Waals surface area contributed by atoms with Crippen LogP contribution in [0.15, 0.2) is 22.8 Å². The number of nitrogens with zero attached hydrogens (tertiary/aromatic N) is 2. The van der Waals surface area contributed by atoms with E-state index in [1.54, 1.807) is 7.05 Å². The second-order valence-corrected chi connectivity index (χ2v) is 2.05. The highest BCUT2D eigenvalue weighted by molar-refractivity contribution is 6.34. The molecule has 74 valence electrons. The van der Waals surface area contributed by atoms with Crippen molar-refractivity contribution in [2.45, 2.75) is 27.2 Å². The lowest BCUT2D eigenvalue weighted by molar-refractivity contribution is -0.115. The molecule has 0 spiro atoms. The maximum absolute atomic E-state index is 10.6. The number of ketones is 1. The maximum Gasteiger partial charge on any atom is 0.135 e. The molecule has 13 heavy (non-hydrogen) atoms. The van der Waals surface area contributed by atoms with E-state index in [0.717, 1.165) is 0 Å². The van der Waals surface area contributed by atoms with Gasteiger partial charge in [0.2, 0.25) is 0 Å². The fraction of sp³-hybridized carbons (Fsp3) is 0.500. The van der Waals surface area contributed by atoms with Crippen molar-refractivity contribution in [1.29, 1.82) is 0 Å². The lowest BCUT2D eigenvalue weighted by atomic mass is 10.2. The van der Waals surface area contributed by atoms with Gasteiger partial charge < -0.3 is 0 Å². The number of rotatable bonds is 4. The van der Waals surface area contributed by atoms with Crippen LogP contribution in [0.4, 0.5) is 0 Å². The van der Waals surface area contributed by atoms with E-state index in [-0.39, 0.29) is 5.78 Å². The molecule has 0 aliphatic rings. The van der Waals surface area contributed by atoms with Crippen LogP contribution in [0.2, 0.25) is 0 Å². The van der Waals surface area contributed by atoms with Crippen LogP contribution in [0.5, 0.6) is 0 Å². The van der Waals surface area contributed by atoms with Crippen LogP contribution in [0, 0.1) is 0 Å². The Bertz CT molecular complexity index is 205. The molecule has 0 aliphatic carbocycles. The van der Waals surface area contributed by atoms with E-state index in [1.807, 2.05) is 13.8 Å². The Labute approximate surface area is 80.3 Å². The van der Waals surface area contributed by atoms with Crippen molar-refractivity contribution in [3.63, 3.8) is 0 Å². The second-order valence-electron chi connectivity index (χ2n) is 2.05. The molecular formula is C10H18N2O. The summed E-state index contributed by atoms with van der Waals surface area (Å²) in [5.41, 5.74) is 0.678. The smallest absolute Gasteiger partial charge is 0.135 e. The molecule has 0 radical (unpaired) electrons. The van der Waals surface area contributed by atoms with Gasteiger partial charge in [0.05, 0.1) is 5.71 Å². The Balaban J connectivity index is 0. The molecule has 0 aromatic carbocycles. The van der Waals surface area contributed by atoms with Crippen LogP contribution in [0.1, 0.15) is 27.2 Å². The third kappa shape index (κ3) is 10.8. The first-order valence-corrected chi connectivity index (χ1v) is 4.30. The van der Waals surface area contributed by atoms with Crippen LogP contribution < -0.4 is 0 Å². The summed E-state index contributed by atoms with van der Waals surface area (Å²) in [5, 5.41) is 0. The minimum Gasteiger partial charge on any atom is -0.300 e. The highest BCUT2D eigenvalue weighted by Crippen LogP contribution is 1.85. The van der Waals surface area contributed by atoms with Crippen molar-refractivity contribution in [2.75, 3.05) is 7.05 Å². The summed E-state index contributed by atoms with van der Waals surface area (Å²) >= 11 is 0. The monoisotopic (exact) mass is 182 g/mol. The Morgan fingerprint density at radius 2 is 2.00 bits per heavy atom. The number of Topliss-reactive ketones (excluding diaryl/α,β-unsaturated/α-hetero) is 1. The molecule has 3 heteroatoms. The summed E-state index contributed by atoms with van der Waals surface area (Å²) in [4.78, 5) is 18.2. The third-order valence-electron chi connectivity index (χ3n) is 1.05. The Morgan fingerprint density at radius 1 is 1.46 bits per heavy atom. The molecule has 0 aliphatic heterocycles. The summed E-state index contributed by atoms with van der Waals surface area (Å²) in [6, 6.07) is 0. The van der Waals surface area contributed by atoms with Gasteiger partial charge >= 0.3 is 0 Å². The van der Waals surface area contributed by atoms with E-state index in [0.29, 0.717) is 12.1 Å². The van der Waals surface area contributed by atoms with E-state index in [9.17, 15) is 4.79 Å². The van der Waals surface area contributed by atoms with Crippen molar-refractivity contribution >= 4 is 17.7 Å². The summed E-state index contributed by atoms with van der Waals surface area (Å²) in [6.07, 6.45) is 3.29. The Hall–Kier alpha value is -1.25. The average Bonchev–Trinajstić information content (AvgIpc) is 2.15. The minimum atomic E-state index is 0.0844. The molecular weight excluding hydrogens is 164 g/mol. The van der Waals surface area contributed by atoms with Crippen molar-refractivity contribution < 1.29 is 4.79 Å². The number of carbonyl (C=O) groups is 1. The Morgan fingerprint density at radius 3 is 2.31 bits per heavy atom. The van der Waals surface area contributed by atoms with Crippen molar-refractivity contribution in [2.24, 2.45) is 9.98 Å². The van der Waals surface area contributed by atoms with Crippen LogP contribution in [0.25, 0.3) is 0 Å². The van der Waals surface area contributed by atoms with Gasteiger partial charge in [0.1, 0.15) is 5.78 Å². The Kier molecular flexibility index (Phi) is 11.8. The number of hydrogen-bond acceptors (Lipinski definition) is 3. The molecule has 0 N–H and O–H groups in total. The van der Waals surface area contributed by atoms with Crippen LogP contribution in [-0.4, -0.2) is 24.8 Å². The predicted octanol–water partition coefficient (Wildman–Crippen LogP) is 2.28. The van der Waals surface area contributed by atoms with Gasteiger partial charge in [-0.15, -0.1) is 0 Å². The van der Waals surface area contributed by atoms with Crippen LogP contribution in [-0.2, 0) is 4.79 Å². The van der Waals surface area contributed by atoms with E-state index >= 15 is 0 Å². The van der Waals surface area contributed by atoms with E-state index in [4.69, 9.17) is 0 Å². The number of hydrogen-bond donors (Lipinski definition) is 0. The molecule has 0 amide bonds. The fourth-order valence-corrected chi connectivity index (χ4v) is 0.576. The lowest BCUT2D eigenvalue weighted by Gasteiger charge is -1.92. The minimum absolute atomic E-state index is 0.0844. The first-order chi connectivity index (χ1) is 6.20. The SMILES string of the molecule is C=CN=CC(CC(C)=O)=NC.CC. The quantitative estimate of drug-likeness (QED) is 0.615. The van der Waals surface area contributed by atoms with Gasteiger partial charge in [-0.1, -0.05) is 20.4 Å². The molecule has 0 rings (SSSR count). The average molecular weight is 182 g/mol. The topological polar surface area (TPSA) is 41.8 Å². The van der Waals surface area contributed by atoms with Gasteiger partial charge in [0.15, 0.2) is 0 Å². The predicted molar refractivity (Wildman–Crippen MR) is 58.7 cm³/mol. The standard InChI is InChI=1S/C8H12N2O.C2H6/c1-4-10-6-8(9-3)5-7(2)11;1-2/h4,6H,1,5H2,2-3H3;1-2H3. The fourth-order valence-electron chi connectivity index (χ4n) is 0.576. The molecule has 0 atom stereocenters. The van der Waals surface area contributed by atoms with E-state index in [1.165, 1.54) is 19.3 Å². The van der Waals surface area contributed by atoms with Crippen LogP contribution >= 0.6 is 0 Å². The largest absolute Gasteiger partial charge is 0.300 e. The summed E-state index contributed by atoms with van der Waals surface area (Å²) < 4.78 is 0. The molecule has 0 heterocycles. The number of carbonyl (C=O) groups excluding carboxylic acids is 1. The third-order valence-corrected chi connectivity index (χ3v) is 1.05. The maximum atomic E-state index is 10.6. The first kappa shape index (κ1) is 14.3. The molecule has 0 fully saturated rings. The van der Waals surface area contributed by atoms with Gasteiger partial charge in [0.25, 0.3) is 0 Å². The summed E-state index contributed by atoms with van der Waals surface area (Å²) in [7, 11) is 1.63. The van der Waals surface area contributed by atoms with E-state index < -0.39 is 0 Å². The molecule has 0 aromatic rings. The van der Waals surface area contributed by atoms with Crippen LogP contribution in [0.3, 0.4) is 0 Å². The zero-order valence-corrected chi connectivity index (χ0v) is 8.87. The first-order valence-electron chi connectivity index (χ1n) is 4.30. The zero-order valence-electron chi connectivity index (χ0n) is 8.87. The van der Waals surface area contributed by atoms with Gasteiger partial charge in [-0.25, -0.2) is 0 Å².